The van der Waals surface area contributed by atoms with Gasteiger partial charge in [0.25, 0.3) is 0 Å². The van der Waals surface area contributed by atoms with Crippen molar-refractivity contribution < 1.29 is 14.3 Å². The molecule has 3 nitrogen and oxygen atoms in total. The summed E-state index contributed by atoms with van der Waals surface area (Å²) in [4.78, 5) is 12.4. The summed E-state index contributed by atoms with van der Waals surface area (Å²) >= 11 is 0. The van der Waals surface area contributed by atoms with E-state index in [9.17, 15) is 4.79 Å². The van der Waals surface area contributed by atoms with E-state index >= 15 is 0 Å². The number of rotatable bonds is 7. The molecule has 0 aromatic heterocycles. The second-order valence-corrected chi connectivity index (χ2v) is 4.83. The Labute approximate surface area is 125 Å². The van der Waals surface area contributed by atoms with E-state index in [1.165, 1.54) is 0 Å². The van der Waals surface area contributed by atoms with Crippen LogP contribution in [0.4, 0.5) is 0 Å². The minimum atomic E-state index is -0.467. The van der Waals surface area contributed by atoms with E-state index in [2.05, 4.69) is 0 Å². The van der Waals surface area contributed by atoms with Crippen LogP contribution in [0.1, 0.15) is 29.3 Å². The molecule has 0 radical (unpaired) electrons. The Bertz CT molecular complexity index is 578. The van der Waals surface area contributed by atoms with Crippen molar-refractivity contribution in [2.75, 3.05) is 7.11 Å². The molecule has 0 spiro atoms. The molecule has 1 unspecified atom stereocenters. The van der Waals surface area contributed by atoms with Gasteiger partial charge in [0.2, 0.25) is 5.78 Å². The van der Waals surface area contributed by atoms with E-state index in [0.29, 0.717) is 24.3 Å². The number of benzene rings is 2. The largest absolute Gasteiger partial charge is 0.482 e. The maximum atomic E-state index is 12.4. The third-order valence-electron chi connectivity index (χ3n) is 3.21. The molecule has 21 heavy (non-hydrogen) atoms. The minimum absolute atomic E-state index is 0.00949. The summed E-state index contributed by atoms with van der Waals surface area (Å²) in [5, 5.41) is 0. The molecule has 0 heterocycles. The highest BCUT2D eigenvalue weighted by Crippen LogP contribution is 2.18. The predicted octanol–water partition coefficient (Wildman–Crippen LogP) is 3.87. The molecule has 0 aliphatic heterocycles. The van der Waals surface area contributed by atoms with Crippen LogP contribution in [-0.2, 0) is 11.3 Å². The lowest BCUT2D eigenvalue weighted by Crippen LogP contribution is -2.26. The van der Waals surface area contributed by atoms with Gasteiger partial charge in [-0.2, -0.15) is 0 Å². The van der Waals surface area contributed by atoms with Gasteiger partial charge in [0, 0.05) is 12.7 Å². The molecule has 3 heteroatoms. The van der Waals surface area contributed by atoms with Crippen molar-refractivity contribution >= 4 is 5.78 Å². The molecule has 0 N–H and O–H groups in total. The van der Waals surface area contributed by atoms with E-state index in [1.807, 2.05) is 61.5 Å². The Morgan fingerprint density at radius 2 is 1.86 bits per heavy atom. The van der Waals surface area contributed by atoms with Crippen LogP contribution in [0.5, 0.6) is 5.75 Å². The molecule has 2 rings (SSSR count). The molecule has 0 saturated carbocycles. The summed E-state index contributed by atoms with van der Waals surface area (Å²) in [7, 11) is 1.65. The zero-order valence-electron chi connectivity index (χ0n) is 12.4. The summed E-state index contributed by atoms with van der Waals surface area (Å²) in [6, 6.07) is 16.9. The van der Waals surface area contributed by atoms with Crippen LogP contribution in [0.25, 0.3) is 0 Å². The number of Topliss-reactive ketones (excluding diaryl/α,β-unsaturated/α-hetero) is 1. The van der Waals surface area contributed by atoms with E-state index in [-0.39, 0.29) is 5.78 Å². The average Bonchev–Trinajstić information content (AvgIpc) is 2.53. The molecule has 110 valence electrons. The van der Waals surface area contributed by atoms with Gasteiger partial charge >= 0.3 is 0 Å². The topological polar surface area (TPSA) is 35.5 Å². The van der Waals surface area contributed by atoms with Crippen molar-refractivity contribution in [3.63, 3.8) is 0 Å². The number of ether oxygens (including phenoxy) is 2. The fourth-order valence-electron chi connectivity index (χ4n) is 2.15. The molecule has 0 amide bonds. The number of methoxy groups -OCH3 is 1. The lowest BCUT2D eigenvalue weighted by molar-refractivity contribution is 0.0786. The molecule has 0 aliphatic rings. The number of carbonyl (C=O) groups excluding carboxylic acids is 1. The zero-order valence-corrected chi connectivity index (χ0v) is 12.4. The first kappa shape index (κ1) is 15.3. The normalized spacial score (nSPS) is 11.9. The van der Waals surface area contributed by atoms with Crippen molar-refractivity contribution in [3.05, 3.63) is 65.7 Å². The quantitative estimate of drug-likeness (QED) is 0.724. The van der Waals surface area contributed by atoms with Gasteiger partial charge in [-0.25, -0.2) is 0 Å². The van der Waals surface area contributed by atoms with Crippen LogP contribution in [0, 0.1) is 0 Å². The maximum absolute atomic E-state index is 12.4. The smallest absolute Gasteiger partial charge is 0.203 e. The van der Waals surface area contributed by atoms with Crippen molar-refractivity contribution in [1.29, 1.82) is 0 Å². The Hall–Kier alpha value is -2.13. The molecule has 0 aliphatic carbocycles. The Kier molecular flexibility index (Phi) is 5.52. The molecular formula is C18H20O3. The van der Waals surface area contributed by atoms with Gasteiger partial charge in [0.05, 0.1) is 6.61 Å². The van der Waals surface area contributed by atoms with Gasteiger partial charge in [0.15, 0.2) is 6.10 Å². The number of hydrogen-bond acceptors (Lipinski definition) is 3. The van der Waals surface area contributed by atoms with Gasteiger partial charge in [0.1, 0.15) is 5.75 Å². The van der Waals surface area contributed by atoms with Gasteiger partial charge in [-0.05, 0) is 24.1 Å². The van der Waals surface area contributed by atoms with Gasteiger partial charge in [-0.1, -0.05) is 49.4 Å². The van der Waals surface area contributed by atoms with Gasteiger partial charge in [-0.3, -0.25) is 4.79 Å². The van der Waals surface area contributed by atoms with Gasteiger partial charge < -0.3 is 9.47 Å². The molecule has 2 aromatic rings. The van der Waals surface area contributed by atoms with Crippen LogP contribution in [0.3, 0.4) is 0 Å². The molecule has 0 bridgehead atoms. The first-order valence-electron chi connectivity index (χ1n) is 7.08. The van der Waals surface area contributed by atoms with Crippen LogP contribution >= 0.6 is 0 Å². The van der Waals surface area contributed by atoms with Crippen molar-refractivity contribution in [2.45, 2.75) is 26.1 Å². The lowest BCUT2D eigenvalue weighted by Gasteiger charge is -2.17. The number of ketones is 1. The van der Waals surface area contributed by atoms with Crippen LogP contribution in [-0.4, -0.2) is 19.0 Å². The average molecular weight is 284 g/mol. The Balaban J connectivity index is 2.12. The monoisotopic (exact) mass is 284 g/mol. The summed E-state index contributed by atoms with van der Waals surface area (Å²) in [5.41, 5.74) is 1.70. The molecule has 0 fully saturated rings. The van der Waals surface area contributed by atoms with Crippen LogP contribution in [0.15, 0.2) is 54.6 Å². The highest BCUT2D eigenvalue weighted by molar-refractivity contribution is 5.99. The second kappa shape index (κ2) is 7.60. The maximum Gasteiger partial charge on any atom is 0.203 e. The Morgan fingerprint density at radius 3 is 2.52 bits per heavy atom. The SMILES string of the molecule is CCC(Oc1cccc(COC)c1)C(=O)c1ccccc1. The Morgan fingerprint density at radius 1 is 1.10 bits per heavy atom. The van der Waals surface area contributed by atoms with E-state index < -0.39 is 6.10 Å². The highest BCUT2D eigenvalue weighted by atomic mass is 16.5. The third-order valence-corrected chi connectivity index (χ3v) is 3.21. The van der Waals surface area contributed by atoms with Crippen LogP contribution < -0.4 is 4.74 Å². The fraction of sp³-hybridized carbons (Fsp3) is 0.278. The van der Waals surface area contributed by atoms with E-state index in [1.54, 1.807) is 7.11 Å². The predicted molar refractivity (Wildman–Crippen MR) is 82.6 cm³/mol. The van der Waals surface area contributed by atoms with Gasteiger partial charge in [-0.15, -0.1) is 0 Å². The summed E-state index contributed by atoms with van der Waals surface area (Å²) in [6.45, 7) is 2.48. The summed E-state index contributed by atoms with van der Waals surface area (Å²) in [5.74, 6) is 0.705. The van der Waals surface area contributed by atoms with Crippen molar-refractivity contribution in [2.24, 2.45) is 0 Å². The molecule has 1 atom stereocenters. The highest BCUT2D eigenvalue weighted by Gasteiger charge is 2.19. The molecule has 0 saturated heterocycles. The van der Waals surface area contributed by atoms with Crippen molar-refractivity contribution in [3.8, 4) is 5.75 Å². The first-order valence-corrected chi connectivity index (χ1v) is 7.08. The van der Waals surface area contributed by atoms with Crippen LogP contribution in [0.2, 0.25) is 0 Å². The van der Waals surface area contributed by atoms with E-state index in [0.717, 1.165) is 5.56 Å². The zero-order chi connectivity index (χ0) is 15.1. The summed E-state index contributed by atoms with van der Waals surface area (Å²) < 4.78 is 11.0. The number of carbonyl (C=O) groups is 1. The minimum Gasteiger partial charge on any atom is -0.482 e. The second-order valence-electron chi connectivity index (χ2n) is 4.83. The fourth-order valence-corrected chi connectivity index (χ4v) is 2.15. The van der Waals surface area contributed by atoms with E-state index in [4.69, 9.17) is 9.47 Å². The standard InChI is InChI=1S/C18H20O3/c1-3-17(18(19)15-9-5-4-6-10-15)21-16-11-7-8-14(12-16)13-20-2/h4-12,17H,3,13H2,1-2H3. The first-order chi connectivity index (χ1) is 10.2. The summed E-state index contributed by atoms with van der Waals surface area (Å²) in [6.07, 6.45) is 0.160. The third kappa shape index (κ3) is 4.17. The number of hydrogen-bond donors (Lipinski definition) is 0. The lowest BCUT2D eigenvalue weighted by atomic mass is 10.0. The van der Waals surface area contributed by atoms with Crippen molar-refractivity contribution in [1.82, 2.24) is 0 Å². The molecular weight excluding hydrogens is 264 g/mol. The molecule has 2 aromatic carbocycles.